The molecule has 0 spiro atoms. The van der Waals surface area contributed by atoms with Crippen LogP contribution in [0.15, 0.2) is 48.6 Å². The van der Waals surface area contributed by atoms with E-state index in [2.05, 4.69) is 50.8 Å². The highest BCUT2D eigenvalue weighted by atomic mass is 35.5. The summed E-state index contributed by atoms with van der Waals surface area (Å²) >= 11 is 6.76. The van der Waals surface area contributed by atoms with Crippen molar-refractivity contribution in [1.29, 1.82) is 5.26 Å². The minimum atomic E-state index is 0.0785. The van der Waals surface area contributed by atoms with Crippen molar-refractivity contribution in [3.63, 3.8) is 0 Å². The van der Waals surface area contributed by atoms with E-state index >= 15 is 0 Å². The fourth-order valence-electron chi connectivity index (χ4n) is 8.69. The van der Waals surface area contributed by atoms with Crippen molar-refractivity contribution >= 4 is 39.8 Å². The van der Waals surface area contributed by atoms with Gasteiger partial charge in [0.25, 0.3) is 0 Å². The number of benzene rings is 2. The van der Waals surface area contributed by atoms with E-state index < -0.39 is 0 Å². The smallest absolute Gasteiger partial charge is 0.318 e. The van der Waals surface area contributed by atoms with E-state index in [9.17, 15) is 4.79 Å². The van der Waals surface area contributed by atoms with Crippen LogP contribution in [0.5, 0.6) is 6.01 Å². The van der Waals surface area contributed by atoms with Gasteiger partial charge in [0.15, 0.2) is 0 Å². The van der Waals surface area contributed by atoms with E-state index in [-0.39, 0.29) is 17.5 Å². The van der Waals surface area contributed by atoms with Gasteiger partial charge >= 0.3 is 6.01 Å². The van der Waals surface area contributed by atoms with Gasteiger partial charge in [-0.05, 0) is 69.6 Å². The minimum Gasteiger partial charge on any atom is -0.461 e. The van der Waals surface area contributed by atoms with Crippen molar-refractivity contribution in [3.8, 4) is 12.1 Å². The van der Waals surface area contributed by atoms with Crippen LogP contribution in [0.1, 0.15) is 50.8 Å². The molecular formula is C40H51ClN8O3. The maximum atomic E-state index is 13.2. The number of carbonyl (C=O) groups is 1. The lowest BCUT2D eigenvalue weighted by molar-refractivity contribution is -0.126. The molecule has 2 aromatic carbocycles. The minimum absolute atomic E-state index is 0.0785. The molecule has 4 fully saturated rings. The number of hydrogen-bond donors (Lipinski definition) is 0. The summed E-state index contributed by atoms with van der Waals surface area (Å²) in [4.78, 5) is 35.1. The molecule has 1 unspecified atom stereocenters. The van der Waals surface area contributed by atoms with E-state index in [1.807, 2.05) is 23.1 Å². The third-order valence-corrected chi connectivity index (χ3v) is 11.8. The number of anilines is 2. The highest BCUT2D eigenvalue weighted by Crippen LogP contribution is 2.40. The van der Waals surface area contributed by atoms with Gasteiger partial charge < -0.3 is 24.2 Å². The third-order valence-electron chi connectivity index (χ3n) is 11.5. The summed E-state index contributed by atoms with van der Waals surface area (Å²) in [5.41, 5.74) is 3.45. The quantitative estimate of drug-likeness (QED) is 0.284. The Morgan fingerprint density at radius 3 is 2.44 bits per heavy atom. The molecule has 0 radical (unpaired) electrons. The summed E-state index contributed by atoms with van der Waals surface area (Å²) in [6.07, 6.45) is 9.43. The lowest BCUT2D eigenvalue weighted by Crippen LogP contribution is -2.49. The van der Waals surface area contributed by atoms with Crippen molar-refractivity contribution < 1.29 is 14.3 Å². The molecule has 1 atom stereocenters. The number of fused-ring (bicyclic) bond motifs is 3. The molecular weight excluding hydrogens is 676 g/mol. The lowest BCUT2D eigenvalue weighted by Gasteiger charge is -2.38. The SMILES string of the molecule is CC#N.CC(/C=C/C(=O)N1CCN(c2nc(OCC34CCCN3CCC4)nc3c2CCN(c2cccc4cccc(Cl)c24)C3)CC1)N1CCOCC1. The average molecular weight is 727 g/mol. The first kappa shape index (κ1) is 36.4. The molecule has 0 aliphatic carbocycles. The molecule has 8 rings (SSSR count). The maximum Gasteiger partial charge on any atom is 0.318 e. The van der Waals surface area contributed by atoms with E-state index in [4.69, 9.17) is 36.3 Å². The molecule has 5 aliphatic rings. The fourth-order valence-corrected chi connectivity index (χ4v) is 8.97. The topological polar surface area (TPSA) is 101 Å². The summed E-state index contributed by atoms with van der Waals surface area (Å²) in [6, 6.07) is 14.9. The van der Waals surface area contributed by atoms with Crippen molar-refractivity contribution in [2.45, 2.75) is 64.1 Å². The molecule has 0 N–H and O–H groups in total. The molecule has 4 saturated heterocycles. The van der Waals surface area contributed by atoms with Gasteiger partial charge in [-0.2, -0.15) is 15.2 Å². The Hall–Kier alpha value is -3.95. The van der Waals surface area contributed by atoms with Crippen molar-refractivity contribution in [2.75, 3.05) is 88.5 Å². The first-order valence-electron chi connectivity index (χ1n) is 18.9. The molecule has 52 heavy (non-hydrogen) atoms. The molecule has 6 heterocycles. The summed E-state index contributed by atoms with van der Waals surface area (Å²) in [5, 5.41) is 10.3. The van der Waals surface area contributed by atoms with Crippen LogP contribution < -0.4 is 14.5 Å². The summed E-state index contributed by atoms with van der Waals surface area (Å²) in [5.74, 6) is 1.04. The molecule has 11 nitrogen and oxygen atoms in total. The second-order valence-electron chi connectivity index (χ2n) is 14.5. The number of hydrogen-bond acceptors (Lipinski definition) is 10. The zero-order chi connectivity index (χ0) is 36.1. The second kappa shape index (κ2) is 16.4. The van der Waals surface area contributed by atoms with E-state index in [0.29, 0.717) is 32.3 Å². The predicted molar refractivity (Wildman–Crippen MR) is 205 cm³/mol. The van der Waals surface area contributed by atoms with Gasteiger partial charge in [-0.3, -0.25) is 14.6 Å². The maximum absolute atomic E-state index is 13.2. The number of ether oxygens (including phenoxy) is 2. The summed E-state index contributed by atoms with van der Waals surface area (Å²) in [7, 11) is 0. The van der Waals surface area contributed by atoms with Gasteiger partial charge in [-0.1, -0.05) is 41.9 Å². The normalized spacial score (nSPS) is 21.0. The Morgan fingerprint density at radius 2 is 1.71 bits per heavy atom. The molecule has 3 aromatic rings. The second-order valence-corrected chi connectivity index (χ2v) is 14.9. The van der Waals surface area contributed by atoms with Crippen molar-refractivity contribution in [3.05, 3.63) is 64.8 Å². The van der Waals surface area contributed by atoms with Crippen LogP contribution in [-0.4, -0.2) is 121 Å². The Morgan fingerprint density at radius 1 is 1.00 bits per heavy atom. The van der Waals surface area contributed by atoms with E-state index in [1.165, 1.54) is 38.2 Å². The van der Waals surface area contributed by atoms with Crippen molar-refractivity contribution in [1.82, 2.24) is 24.7 Å². The first-order valence-corrected chi connectivity index (χ1v) is 19.3. The number of nitrogens with zero attached hydrogens (tertiary/aromatic N) is 8. The predicted octanol–water partition coefficient (Wildman–Crippen LogP) is 5.31. The number of nitriles is 1. The molecule has 1 amide bonds. The molecule has 12 heteroatoms. The number of carbonyl (C=O) groups excluding carboxylic acids is 1. The van der Waals surface area contributed by atoms with Crippen LogP contribution >= 0.6 is 11.6 Å². The van der Waals surface area contributed by atoms with Crippen LogP contribution in [0.25, 0.3) is 10.8 Å². The number of morpholine rings is 1. The van der Waals surface area contributed by atoms with Crippen molar-refractivity contribution in [2.24, 2.45) is 0 Å². The number of amides is 1. The van der Waals surface area contributed by atoms with Gasteiger partial charge in [0.05, 0.1) is 42.1 Å². The number of rotatable bonds is 8. The third kappa shape index (κ3) is 7.72. The first-order chi connectivity index (χ1) is 25.4. The van der Waals surface area contributed by atoms with Crippen LogP contribution in [0, 0.1) is 11.3 Å². The summed E-state index contributed by atoms with van der Waals surface area (Å²) in [6.45, 7) is 14.1. The Labute approximate surface area is 312 Å². The Kier molecular flexibility index (Phi) is 11.5. The highest BCUT2D eigenvalue weighted by molar-refractivity contribution is 6.36. The molecule has 5 aliphatic heterocycles. The Balaban J connectivity index is 0.00000136. The standard InChI is InChI=1S/C38H48ClN7O3.C2H3N/c1-28(42-22-24-48-25-23-42)10-11-34(47)43-18-20-44(21-19-43)36-30-12-17-45(33-9-3-7-29-6-2-8-31(39)35(29)33)26-32(30)40-37(41-36)49-27-38-13-4-15-46(38)16-5-14-38;1-2-3/h2-3,6-11,28H,4-5,12-27H2,1H3;1H3/b11-10+;. The molecule has 0 bridgehead atoms. The zero-order valence-corrected chi connectivity index (χ0v) is 31.4. The highest BCUT2D eigenvalue weighted by Gasteiger charge is 2.45. The molecule has 276 valence electrons. The van der Waals surface area contributed by atoms with Gasteiger partial charge in [-0.15, -0.1) is 0 Å². The number of halogens is 1. The van der Waals surface area contributed by atoms with Gasteiger partial charge in [0, 0.05) is 81.5 Å². The van der Waals surface area contributed by atoms with Crippen LogP contribution in [0.2, 0.25) is 5.02 Å². The average Bonchev–Trinajstić information content (AvgIpc) is 3.77. The summed E-state index contributed by atoms with van der Waals surface area (Å²) < 4.78 is 12.1. The Bertz CT molecular complexity index is 1780. The van der Waals surface area contributed by atoms with Crippen LogP contribution in [0.4, 0.5) is 11.5 Å². The van der Waals surface area contributed by atoms with Crippen LogP contribution in [-0.2, 0) is 22.5 Å². The van der Waals surface area contributed by atoms with E-state index in [1.54, 1.807) is 12.1 Å². The van der Waals surface area contributed by atoms with Gasteiger partial charge in [-0.25, -0.2) is 0 Å². The zero-order valence-electron chi connectivity index (χ0n) is 30.6. The van der Waals surface area contributed by atoms with Gasteiger partial charge in [0.2, 0.25) is 5.91 Å². The van der Waals surface area contributed by atoms with Gasteiger partial charge in [0.1, 0.15) is 12.4 Å². The fraction of sp³-hybridized carbons (Fsp3) is 0.550. The largest absolute Gasteiger partial charge is 0.461 e. The number of piperazine rings is 1. The molecule has 1 aromatic heterocycles. The lowest BCUT2D eigenvalue weighted by atomic mass is 9.95. The van der Waals surface area contributed by atoms with E-state index in [0.717, 1.165) is 98.4 Å². The monoisotopic (exact) mass is 726 g/mol. The number of aromatic nitrogens is 2. The molecule has 0 saturated carbocycles. The van der Waals surface area contributed by atoms with Crippen LogP contribution in [0.3, 0.4) is 0 Å².